The van der Waals surface area contributed by atoms with Crippen LogP contribution in [0.25, 0.3) is 22.3 Å². The van der Waals surface area contributed by atoms with Gasteiger partial charge in [-0.3, -0.25) is 0 Å². The SMILES string of the molecule is O=C(OCC(F)(F)F)Oc1c(-c2ccccc2)cccc1-c1ccccc1. The number of carbonyl (C=O) groups excluding carboxylic acids is 1. The Kier molecular flexibility index (Phi) is 5.45. The molecule has 138 valence electrons. The van der Waals surface area contributed by atoms with Gasteiger partial charge in [-0.15, -0.1) is 0 Å². The summed E-state index contributed by atoms with van der Waals surface area (Å²) >= 11 is 0. The smallest absolute Gasteiger partial charge is 0.424 e. The zero-order chi connectivity index (χ0) is 19.3. The van der Waals surface area contributed by atoms with Crippen LogP contribution in [-0.4, -0.2) is 18.9 Å². The summed E-state index contributed by atoms with van der Waals surface area (Å²) in [5.74, 6) is 0.141. The van der Waals surface area contributed by atoms with Gasteiger partial charge in [0, 0.05) is 11.1 Å². The Balaban J connectivity index is 2.01. The molecule has 0 bridgehead atoms. The van der Waals surface area contributed by atoms with E-state index in [4.69, 9.17) is 4.74 Å². The van der Waals surface area contributed by atoms with E-state index in [9.17, 15) is 18.0 Å². The van der Waals surface area contributed by atoms with Crippen molar-refractivity contribution in [2.75, 3.05) is 6.61 Å². The van der Waals surface area contributed by atoms with Crippen LogP contribution in [0.5, 0.6) is 5.75 Å². The molecule has 3 rings (SSSR count). The lowest BCUT2D eigenvalue weighted by Gasteiger charge is -2.15. The number of halogens is 3. The van der Waals surface area contributed by atoms with Crippen LogP contribution in [0.1, 0.15) is 0 Å². The number of benzene rings is 3. The van der Waals surface area contributed by atoms with Gasteiger partial charge in [0.15, 0.2) is 6.61 Å². The highest BCUT2D eigenvalue weighted by Gasteiger charge is 2.30. The Bertz CT molecular complexity index is 849. The van der Waals surface area contributed by atoms with Crippen molar-refractivity contribution >= 4 is 6.16 Å². The van der Waals surface area contributed by atoms with Crippen LogP contribution < -0.4 is 4.74 Å². The minimum Gasteiger partial charge on any atom is -0.424 e. The quantitative estimate of drug-likeness (QED) is 0.410. The first-order valence-corrected chi connectivity index (χ1v) is 8.09. The van der Waals surface area contributed by atoms with E-state index >= 15 is 0 Å². The molecule has 3 aromatic rings. The highest BCUT2D eigenvalue weighted by atomic mass is 19.4. The van der Waals surface area contributed by atoms with Crippen molar-refractivity contribution in [3.63, 3.8) is 0 Å². The van der Waals surface area contributed by atoms with Gasteiger partial charge in [0.25, 0.3) is 0 Å². The fourth-order valence-electron chi connectivity index (χ4n) is 2.59. The molecule has 6 heteroatoms. The van der Waals surface area contributed by atoms with Crippen molar-refractivity contribution in [2.45, 2.75) is 6.18 Å². The van der Waals surface area contributed by atoms with Crippen LogP contribution in [0.2, 0.25) is 0 Å². The largest absolute Gasteiger partial charge is 0.514 e. The molecule has 0 N–H and O–H groups in total. The topological polar surface area (TPSA) is 35.5 Å². The Labute approximate surface area is 154 Å². The predicted octanol–water partition coefficient (Wildman–Crippen LogP) is 6.10. The van der Waals surface area contributed by atoms with Gasteiger partial charge in [-0.1, -0.05) is 78.9 Å². The third-order valence-electron chi connectivity index (χ3n) is 3.72. The van der Waals surface area contributed by atoms with Gasteiger partial charge in [-0.05, 0) is 11.1 Å². The average Bonchev–Trinajstić information content (AvgIpc) is 2.67. The Morgan fingerprint density at radius 2 is 1.22 bits per heavy atom. The first kappa shape index (κ1) is 18.5. The maximum atomic E-state index is 12.3. The zero-order valence-corrected chi connectivity index (χ0v) is 14.1. The molecule has 0 unspecified atom stereocenters. The van der Waals surface area contributed by atoms with E-state index in [1.165, 1.54) is 0 Å². The monoisotopic (exact) mass is 372 g/mol. The molecule has 0 aliphatic rings. The van der Waals surface area contributed by atoms with Gasteiger partial charge in [0.2, 0.25) is 0 Å². The third-order valence-corrected chi connectivity index (χ3v) is 3.72. The first-order valence-electron chi connectivity index (χ1n) is 8.09. The van der Waals surface area contributed by atoms with Crippen LogP contribution in [0.15, 0.2) is 78.9 Å². The number of alkyl halides is 3. The minimum atomic E-state index is -4.62. The molecule has 0 heterocycles. The normalized spacial score (nSPS) is 11.1. The van der Waals surface area contributed by atoms with Crippen molar-refractivity contribution in [1.82, 2.24) is 0 Å². The summed E-state index contributed by atoms with van der Waals surface area (Å²) < 4.78 is 46.4. The van der Waals surface area contributed by atoms with E-state index in [1.54, 1.807) is 18.2 Å². The molecule has 27 heavy (non-hydrogen) atoms. The van der Waals surface area contributed by atoms with Crippen LogP contribution in [-0.2, 0) is 4.74 Å². The second kappa shape index (κ2) is 7.95. The van der Waals surface area contributed by atoms with Crippen molar-refractivity contribution < 1.29 is 27.4 Å². The molecule has 0 aliphatic carbocycles. The summed E-state index contributed by atoms with van der Waals surface area (Å²) in [5, 5.41) is 0. The molecule has 3 aromatic carbocycles. The van der Waals surface area contributed by atoms with E-state index in [2.05, 4.69) is 4.74 Å². The molecular weight excluding hydrogens is 357 g/mol. The average molecular weight is 372 g/mol. The first-order chi connectivity index (χ1) is 12.9. The molecule has 0 atom stereocenters. The fourth-order valence-corrected chi connectivity index (χ4v) is 2.59. The van der Waals surface area contributed by atoms with Crippen molar-refractivity contribution in [1.29, 1.82) is 0 Å². The predicted molar refractivity (Wildman–Crippen MR) is 95.3 cm³/mol. The third kappa shape index (κ3) is 4.88. The number of hydrogen-bond acceptors (Lipinski definition) is 3. The summed E-state index contributed by atoms with van der Waals surface area (Å²) in [5.41, 5.74) is 2.66. The zero-order valence-electron chi connectivity index (χ0n) is 14.1. The fraction of sp³-hybridized carbons (Fsp3) is 0.0952. The lowest BCUT2D eigenvalue weighted by molar-refractivity contribution is -0.163. The number of carbonyl (C=O) groups is 1. The number of ether oxygens (including phenoxy) is 2. The summed E-state index contributed by atoms with van der Waals surface area (Å²) in [7, 11) is 0. The maximum Gasteiger partial charge on any atom is 0.514 e. The second-order valence-corrected chi connectivity index (χ2v) is 5.67. The Morgan fingerprint density at radius 1 is 0.741 bits per heavy atom. The van der Waals surface area contributed by atoms with Crippen molar-refractivity contribution in [2.24, 2.45) is 0 Å². The summed E-state index contributed by atoms with van der Waals surface area (Å²) in [4.78, 5) is 11.9. The minimum absolute atomic E-state index is 0.141. The number of para-hydroxylation sites is 1. The van der Waals surface area contributed by atoms with E-state index < -0.39 is 18.9 Å². The molecule has 3 nitrogen and oxygen atoms in total. The van der Waals surface area contributed by atoms with E-state index in [-0.39, 0.29) is 5.75 Å². The lowest BCUT2D eigenvalue weighted by atomic mass is 9.97. The summed E-state index contributed by atoms with van der Waals surface area (Å²) in [6.45, 7) is -1.71. The standard InChI is InChI=1S/C21H15F3O3/c22-21(23,24)14-26-20(25)27-19-17(15-8-3-1-4-9-15)12-7-13-18(19)16-10-5-2-6-11-16/h1-13H,14H2. The highest BCUT2D eigenvalue weighted by Crippen LogP contribution is 2.39. The second-order valence-electron chi connectivity index (χ2n) is 5.67. The van der Waals surface area contributed by atoms with Crippen LogP contribution >= 0.6 is 0 Å². The van der Waals surface area contributed by atoms with Crippen molar-refractivity contribution in [3.8, 4) is 28.0 Å². The molecule has 0 saturated carbocycles. The Morgan fingerprint density at radius 3 is 1.67 bits per heavy atom. The van der Waals surface area contributed by atoms with Gasteiger partial charge < -0.3 is 9.47 Å². The molecule has 0 saturated heterocycles. The Hall–Kier alpha value is -3.28. The summed E-state index contributed by atoms with van der Waals surface area (Å²) in [6, 6.07) is 23.5. The molecule has 0 radical (unpaired) electrons. The molecule has 0 aromatic heterocycles. The van der Waals surface area contributed by atoms with E-state index in [0.717, 1.165) is 11.1 Å². The molecule has 0 spiro atoms. The molecule has 0 fully saturated rings. The van der Waals surface area contributed by atoms with Gasteiger partial charge in [-0.2, -0.15) is 13.2 Å². The van der Waals surface area contributed by atoms with Crippen molar-refractivity contribution in [3.05, 3.63) is 78.9 Å². The number of rotatable bonds is 4. The van der Waals surface area contributed by atoms with Gasteiger partial charge in [-0.25, -0.2) is 4.79 Å². The van der Waals surface area contributed by atoms with Crippen LogP contribution in [0.4, 0.5) is 18.0 Å². The molecular formula is C21H15F3O3. The number of hydrogen-bond donors (Lipinski definition) is 0. The van der Waals surface area contributed by atoms with Crippen LogP contribution in [0.3, 0.4) is 0 Å². The van der Waals surface area contributed by atoms with Gasteiger partial charge in [0.05, 0.1) is 0 Å². The molecule has 0 aliphatic heterocycles. The van der Waals surface area contributed by atoms with Crippen LogP contribution in [0, 0.1) is 0 Å². The maximum absolute atomic E-state index is 12.3. The highest BCUT2D eigenvalue weighted by molar-refractivity contribution is 5.85. The molecule has 0 amide bonds. The van der Waals surface area contributed by atoms with Gasteiger partial charge >= 0.3 is 12.3 Å². The lowest BCUT2D eigenvalue weighted by Crippen LogP contribution is -2.22. The summed E-state index contributed by atoms with van der Waals surface area (Å²) in [6.07, 6.45) is -6.03. The van der Waals surface area contributed by atoms with Gasteiger partial charge in [0.1, 0.15) is 5.75 Å². The van der Waals surface area contributed by atoms with E-state index in [0.29, 0.717) is 11.1 Å². The van der Waals surface area contributed by atoms with E-state index in [1.807, 2.05) is 60.7 Å².